The lowest BCUT2D eigenvalue weighted by Gasteiger charge is -2.42. The molecule has 1 N–H and O–H groups in total. The van der Waals surface area contributed by atoms with E-state index in [1.54, 1.807) is 0 Å². The lowest BCUT2D eigenvalue weighted by atomic mass is 9.91. The van der Waals surface area contributed by atoms with E-state index in [1.165, 1.54) is 0 Å². The molecule has 0 aromatic heterocycles. The number of hydrogen-bond donors (Lipinski definition) is 1. The van der Waals surface area contributed by atoms with E-state index in [2.05, 4.69) is 40.4 Å². The van der Waals surface area contributed by atoms with Gasteiger partial charge in [-0.15, -0.1) is 0 Å². The Morgan fingerprint density at radius 3 is 2.44 bits per heavy atom. The van der Waals surface area contributed by atoms with Gasteiger partial charge < -0.3 is 9.53 Å². The van der Waals surface area contributed by atoms with Gasteiger partial charge in [0.2, 0.25) is 0 Å². The van der Waals surface area contributed by atoms with Crippen LogP contribution in [0.15, 0.2) is 12.2 Å². The number of hydrogen-bond acceptors (Lipinski definition) is 2. The van der Waals surface area contributed by atoms with E-state index in [0.717, 1.165) is 24.8 Å². The first-order valence-electron chi connectivity index (χ1n) is 6.19. The lowest BCUT2D eigenvalue weighted by molar-refractivity contribution is 0.0298. The molecule has 1 aliphatic rings. The molecule has 1 saturated carbocycles. The summed E-state index contributed by atoms with van der Waals surface area (Å²) in [4.78, 5) is 0. The fraction of sp³-hybridized carbons (Fsp3) is 0.846. The molecular formula is C13H26O2Si. The molecule has 0 aliphatic heterocycles. The second kappa shape index (κ2) is 4.63. The van der Waals surface area contributed by atoms with Crippen molar-refractivity contribution in [2.45, 2.75) is 70.4 Å². The molecule has 1 fully saturated rings. The van der Waals surface area contributed by atoms with E-state index in [1.807, 2.05) is 0 Å². The molecular weight excluding hydrogens is 216 g/mol. The first-order chi connectivity index (χ1) is 7.15. The van der Waals surface area contributed by atoms with Crippen molar-refractivity contribution in [3.63, 3.8) is 0 Å². The number of aliphatic hydroxyl groups is 1. The minimum atomic E-state index is -1.76. The molecule has 0 aromatic carbocycles. The topological polar surface area (TPSA) is 29.5 Å². The van der Waals surface area contributed by atoms with Crippen LogP contribution in [-0.4, -0.2) is 25.6 Å². The molecule has 3 heteroatoms. The molecule has 1 rings (SSSR count). The zero-order valence-corrected chi connectivity index (χ0v) is 12.3. The lowest BCUT2D eigenvalue weighted by Crippen LogP contribution is -2.48. The van der Waals surface area contributed by atoms with Gasteiger partial charge in [0, 0.05) is 0 Å². The molecule has 0 aromatic rings. The molecule has 1 aliphatic carbocycles. The predicted molar refractivity (Wildman–Crippen MR) is 71.1 cm³/mol. The Balaban J connectivity index is 2.70. The largest absolute Gasteiger partial charge is 0.411 e. The molecule has 0 radical (unpaired) electrons. The summed E-state index contributed by atoms with van der Waals surface area (Å²) in [5, 5.41) is 10.3. The van der Waals surface area contributed by atoms with Crippen molar-refractivity contribution in [1.82, 2.24) is 0 Å². The van der Waals surface area contributed by atoms with Crippen molar-refractivity contribution in [3.05, 3.63) is 12.2 Å². The first-order valence-corrected chi connectivity index (χ1v) is 9.09. The van der Waals surface area contributed by atoms with Gasteiger partial charge in [-0.25, -0.2) is 0 Å². The second-order valence-corrected chi connectivity index (χ2v) is 11.2. The van der Waals surface area contributed by atoms with Crippen molar-refractivity contribution in [2.24, 2.45) is 0 Å². The summed E-state index contributed by atoms with van der Waals surface area (Å²) in [6.45, 7) is 15.1. The van der Waals surface area contributed by atoms with E-state index in [-0.39, 0.29) is 11.1 Å². The fourth-order valence-electron chi connectivity index (χ4n) is 1.78. The van der Waals surface area contributed by atoms with Gasteiger partial charge in [-0.2, -0.15) is 0 Å². The number of aliphatic hydroxyl groups excluding tert-OH is 1. The SMILES string of the molecule is C=C1CCC[C@H](O[Si](C)(C)C(C)(C)C)[C@H]1O. The molecule has 0 heterocycles. The van der Waals surface area contributed by atoms with Crippen LogP contribution in [0.3, 0.4) is 0 Å². The van der Waals surface area contributed by atoms with E-state index < -0.39 is 14.4 Å². The molecule has 0 spiro atoms. The molecule has 16 heavy (non-hydrogen) atoms. The van der Waals surface area contributed by atoms with Crippen LogP contribution in [0.1, 0.15) is 40.0 Å². The number of rotatable bonds is 2. The third kappa shape index (κ3) is 2.96. The molecule has 0 amide bonds. The highest BCUT2D eigenvalue weighted by Crippen LogP contribution is 2.39. The normalized spacial score (nSPS) is 28.2. The smallest absolute Gasteiger partial charge is 0.192 e. The molecule has 2 nitrogen and oxygen atoms in total. The van der Waals surface area contributed by atoms with Gasteiger partial charge in [-0.1, -0.05) is 27.4 Å². The Bertz CT molecular complexity index is 266. The van der Waals surface area contributed by atoms with Gasteiger partial charge in [0.1, 0.15) is 0 Å². The molecule has 94 valence electrons. The van der Waals surface area contributed by atoms with Gasteiger partial charge in [-0.3, -0.25) is 0 Å². The van der Waals surface area contributed by atoms with Gasteiger partial charge in [-0.05, 0) is 43.0 Å². The predicted octanol–water partition coefficient (Wildman–Crippen LogP) is 3.48. The van der Waals surface area contributed by atoms with Crippen LogP contribution in [-0.2, 0) is 4.43 Å². The summed E-state index contributed by atoms with van der Waals surface area (Å²) >= 11 is 0. The van der Waals surface area contributed by atoms with E-state index in [4.69, 9.17) is 4.43 Å². The van der Waals surface area contributed by atoms with Crippen molar-refractivity contribution in [2.75, 3.05) is 0 Å². The molecule has 0 bridgehead atoms. The highest BCUT2D eigenvalue weighted by Gasteiger charge is 2.41. The summed E-state index contributed by atoms with van der Waals surface area (Å²) in [6.07, 6.45) is 2.52. The quantitative estimate of drug-likeness (QED) is 0.593. The fourth-order valence-corrected chi connectivity index (χ4v) is 3.13. The zero-order chi connectivity index (χ0) is 12.6. The van der Waals surface area contributed by atoms with Crippen LogP contribution in [0.25, 0.3) is 0 Å². The summed E-state index contributed by atoms with van der Waals surface area (Å²) < 4.78 is 6.25. The average Bonchev–Trinajstić information content (AvgIpc) is 2.11. The van der Waals surface area contributed by atoms with E-state index in [0.29, 0.717) is 0 Å². The maximum atomic E-state index is 10.1. The Labute approximate surface area is 101 Å². The first kappa shape index (κ1) is 13.9. The monoisotopic (exact) mass is 242 g/mol. The van der Waals surface area contributed by atoms with Crippen LogP contribution < -0.4 is 0 Å². The Kier molecular flexibility index (Phi) is 4.03. The molecule has 2 atom stereocenters. The Morgan fingerprint density at radius 2 is 1.94 bits per heavy atom. The van der Waals surface area contributed by atoms with Crippen molar-refractivity contribution in [1.29, 1.82) is 0 Å². The second-order valence-electron chi connectivity index (χ2n) is 6.41. The van der Waals surface area contributed by atoms with Crippen LogP contribution in [0, 0.1) is 0 Å². The van der Waals surface area contributed by atoms with Crippen LogP contribution in [0.5, 0.6) is 0 Å². The third-order valence-corrected chi connectivity index (χ3v) is 8.51. The van der Waals surface area contributed by atoms with Crippen LogP contribution >= 0.6 is 0 Å². The maximum Gasteiger partial charge on any atom is 0.192 e. The summed E-state index contributed by atoms with van der Waals surface area (Å²) in [5.41, 5.74) is 0.940. The highest BCUT2D eigenvalue weighted by atomic mass is 28.4. The van der Waals surface area contributed by atoms with Crippen LogP contribution in [0.2, 0.25) is 18.1 Å². The van der Waals surface area contributed by atoms with E-state index in [9.17, 15) is 5.11 Å². The molecule has 0 unspecified atom stereocenters. The average molecular weight is 242 g/mol. The minimum absolute atomic E-state index is 0.0258. The van der Waals surface area contributed by atoms with Crippen molar-refractivity contribution >= 4 is 8.32 Å². The zero-order valence-electron chi connectivity index (χ0n) is 11.3. The van der Waals surface area contributed by atoms with Crippen LogP contribution in [0.4, 0.5) is 0 Å². The third-order valence-electron chi connectivity index (χ3n) is 4.01. The Morgan fingerprint density at radius 1 is 1.38 bits per heavy atom. The molecule has 0 saturated heterocycles. The minimum Gasteiger partial charge on any atom is -0.411 e. The van der Waals surface area contributed by atoms with Crippen molar-refractivity contribution < 1.29 is 9.53 Å². The summed E-state index contributed by atoms with van der Waals surface area (Å²) in [7, 11) is -1.76. The van der Waals surface area contributed by atoms with Gasteiger partial charge in [0.25, 0.3) is 0 Å². The summed E-state index contributed by atoms with van der Waals surface area (Å²) in [6, 6.07) is 0. The summed E-state index contributed by atoms with van der Waals surface area (Å²) in [5.74, 6) is 0. The standard InChI is InChI=1S/C13H26O2Si/c1-10-8-7-9-11(12(10)14)15-16(5,6)13(2,3)4/h11-12,14H,1,7-9H2,2-6H3/t11-,12-/m0/s1. The van der Waals surface area contributed by atoms with Crippen molar-refractivity contribution in [3.8, 4) is 0 Å². The van der Waals surface area contributed by atoms with E-state index >= 15 is 0 Å². The van der Waals surface area contributed by atoms with Gasteiger partial charge >= 0.3 is 0 Å². The van der Waals surface area contributed by atoms with Gasteiger partial charge in [0.15, 0.2) is 8.32 Å². The highest BCUT2D eigenvalue weighted by molar-refractivity contribution is 6.74. The van der Waals surface area contributed by atoms with Gasteiger partial charge in [0.05, 0.1) is 12.2 Å². The Hall–Kier alpha value is -0.123. The maximum absolute atomic E-state index is 10.1.